The van der Waals surface area contributed by atoms with E-state index in [9.17, 15) is 4.39 Å². The van der Waals surface area contributed by atoms with Crippen molar-refractivity contribution in [1.82, 2.24) is 0 Å². The highest BCUT2D eigenvalue weighted by Gasteiger charge is 2.08. The first kappa shape index (κ1) is 11.5. The molecule has 0 bridgehead atoms. The average Bonchev–Trinajstić information content (AvgIpc) is 2.18. The first-order valence-corrected chi connectivity index (χ1v) is 4.76. The van der Waals surface area contributed by atoms with E-state index in [0.29, 0.717) is 18.8 Å². The summed E-state index contributed by atoms with van der Waals surface area (Å²) in [6.07, 6.45) is 5.59. The molecule has 0 heterocycles. The highest BCUT2D eigenvalue weighted by Crippen LogP contribution is 2.24. The Morgan fingerprint density at radius 1 is 1.60 bits per heavy atom. The first-order chi connectivity index (χ1) is 7.15. The van der Waals surface area contributed by atoms with E-state index in [4.69, 9.17) is 16.9 Å². The fourth-order valence-corrected chi connectivity index (χ4v) is 1.23. The summed E-state index contributed by atoms with van der Waals surface area (Å²) in [7, 11) is 0. The van der Waals surface area contributed by atoms with Crippen molar-refractivity contribution in [2.24, 2.45) is 5.73 Å². The van der Waals surface area contributed by atoms with Crippen LogP contribution in [0.2, 0.25) is 0 Å². The number of halogens is 1. The summed E-state index contributed by atoms with van der Waals surface area (Å²) in [5.74, 6) is 2.59. The van der Waals surface area contributed by atoms with Gasteiger partial charge in [-0.3, -0.25) is 0 Å². The molecule has 3 heteroatoms. The predicted molar refractivity (Wildman–Crippen MR) is 57.9 cm³/mol. The second-order valence-corrected chi connectivity index (χ2v) is 3.27. The van der Waals surface area contributed by atoms with Crippen molar-refractivity contribution in [2.75, 3.05) is 6.61 Å². The fourth-order valence-electron chi connectivity index (χ4n) is 1.23. The molecular formula is C12H14FNO. The first-order valence-electron chi connectivity index (χ1n) is 4.76. The van der Waals surface area contributed by atoms with E-state index in [0.717, 1.165) is 5.56 Å². The third kappa shape index (κ3) is 3.26. The molecule has 1 aromatic rings. The Labute approximate surface area is 89.2 Å². The third-order valence-corrected chi connectivity index (χ3v) is 1.97. The lowest BCUT2D eigenvalue weighted by Crippen LogP contribution is -2.08. The van der Waals surface area contributed by atoms with E-state index >= 15 is 0 Å². The van der Waals surface area contributed by atoms with Crippen molar-refractivity contribution in [1.29, 1.82) is 0 Å². The van der Waals surface area contributed by atoms with E-state index in [-0.39, 0.29) is 11.9 Å². The van der Waals surface area contributed by atoms with Gasteiger partial charge in [-0.05, 0) is 13.0 Å². The Morgan fingerprint density at radius 3 is 2.93 bits per heavy atom. The zero-order valence-corrected chi connectivity index (χ0v) is 8.66. The minimum atomic E-state index is -0.338. The molecule has 1 rings (SSSR count). The molecule has 1 aromatic carbocycles. The molecule has 0 aliphatic heterocycles. The Balaban J connectivity index is 2.83. The van der Waals surface area contributed by atoms with Gasteiger partial charge in [0.2, 0.25) is 0 Å². The molecule has 0 saturated heterocycles. The molecule has 0 spiro atoms. The maximum Gasteiger partial charge on any atom is 0.127 e. The van der Waals surface area contributed by atoms with Gasteiger partial charge in [0.15, 0.2) is 0 Å². The zero-order chi connectivity index (χ0) is 11.3. The fraction of sp³-hybridized carbons (Fsp3) is 0.333. The van der Waals surface area contributed by atoms with E-state index in [2.05, 4.69) is 5.92 Å². The minimum Gasteiger partial charge on any atom is -0.492 e. The second-order valence-electron chi connectivity index (χ2n) is 3.27. The maximum absolute atomic E-state index is 13.0. The van der Waals surface area contributed by atoms with Gasteiger partial charge in [-0.2, -0.15) is 0 Å². The molecule has 0 saturated carbocycles. The summed E-state index contributed by atoms with van der Waals surface area (Å²) in [5, 5.41) is 0. The Bertz CT molecular complexity index is 368. The minimum absolute atomic E-state index is 0.188. The van der Waals surface area contributed by atoms with Gasteiger partial charge < -0.3 is 10.5 Å². The van der Waals surface area contributed by atoms with Crippen molar-refractivity contribution in [2.45, 2.75) is 19.4 Å². The van der Waals surface area contributed by atoms with Crippen molar-refractivity contribution in [3.8, 4) is 18.1 Å². The number of benzene rings is 1. The lowest BCUT2D eigenvalue weighted by molar-refractivity contribution is 0.320. The van der Waals surface area contributed by atoms with Gasteiger partial charge >= 0.3 is 0 Å². The summed E-state index contributed by atoms with van der Waals surface area (Å²) in [4.78, 5) is 0. The van der Waals surface area contributed by atoms with E-state index in [1.165, 1.54) is 12.1 Å². The Hall–Kier alpha value is -1.53. The molecule has 80 valence electrons. The van der Waals surface area contributed by atoms with E-state index in [1.54, 1.807) is 6.07 Å². The van der Waals surface area contributed by atoms with Gasteiger partial charge in [-0.1, -0.05) is 6.07 Å². The van der Waals surface area contributed by atoms with Gasteiger partial charge in [-0.25, -0.2) is 4.39 Å². The summed E-state index contributed by atoms with van der Waals surface area (Å²) < 4.78 is 18.3. The number of hydrogen-bond donors (Lipinski definition) is 1. The van der Waals surface area contributed by atoms with Gasteiger partial charge in [0.1, 0.15) is 11.6 Å². The molecule has 0 amide bonds. The normalized spacial score (nSPS) is 11.9. The van der Waals surface area contributed by atoms with Crippen LogP contribution >= 0.6 is 0 Å². The summed E-state index contributed by atoms with van der Waals surface area (Å²) in [6, 6.07) is 4.14. The van der Waals surface area contributed by atoms with E-state index in [1.807, 2.05) is 6.92 Å². The van der Waals surface area contributed by atoms with Crippen LogP contribution in [0.4, 0.5) is 4.39 Å². The molecule has 0 radical (unpaired) electrons. The van der Waals surface area contributed by atoms with Crippen LogP contribution in [-0.4, -0.2) is 6.61 Å². The number of nitrogens with two attached hydrogens (primary N) is 1. The van der Waals surface area contributed by atoms with Crippen molar-refractivity contribution < 1.29 is 9.13 Å². The van der Waals surface area contributed by atoms with E-state index < -0.39 is 0 Å². The number of terminal acetylenes is 1. The van der Waals surface area contributed by atoms with Crippen LogP contribution in [0.3, 0.4) is 0 Å². The summed E-state index contributed by atoms with van der Waals surface area (Å²) >= 11 is 0. The second kappa shape index (κ2) is 5.38. The molecule has 2 nitrogen and oxygen atoms in total. The third-order valence-electron chi connectivity index (χ3n) is 1.97. The van der Waals surface area contributed by atoms with Gasteiger partial charge in [0.25, 0.3) is 0 Å². The molecule has 0 aromatic heterocycles. The lowest BCUT2D eigenvalue weighted by Gasteiger charge is -2.13. The van der Waals surface area contributed by atoms with Crippen molar-refractivity contribution >= 4 is 0 Å². The zero-order valence-electron chi connectivity index (χ0n) is 8.66. The van der Waals surface area contributed by atoms with Crippen LogP contribution in [0, 0.1) is 18.2 Å². The maximum atomic E-state index is 13.0. The van der Waals surface area contributed by atoms with Gasteiger partial charge in [-0.15, -0.1) is 12.3 Å². The molecule has 0 aliphatic carbocycles. The monoisotopic (exact) mass is 207 g/mol. The largest absolute Gasteiger partial charge is 0.492 e. The van der Waals surface area contributed by atoms with Gasteiger partial charge in [0, 0.05) is 24.1 Å². The quantitative estimate of drug-likeness (QED) is 0.607. The Morgan fingerprint density at radius 2 is 2.33 bits per heavy atom. The molecule has 0 fully saturated rings. The van der Waals surface area contributed by atoms with Crippen LogP contribution in [0.15, 0.2) is 18.2 Å². The highest BCUT2D eigenvalue weighted by molar-refractivity contribution is 5.36. The number of rotatable bonds is 4. The highest BCUT2D eigenvalue weighted by atomic mass is 19.1. The number of hydrogen-bond acceptors (Lipinski definition) is 2. The van der Waals surface area contributed by atoms with Gasteiger partial charge in [0.05, 0.1) is 6.61 Å². The van der Waals surface area contributed by atoms with Crippen molar-refractivity contribution in [3.63, 3.8) is 0 Å². The summed E-state index contributed by atoms with van der Waals surface area (Å²) in [6.45, 7) is 2.20. The van der Waals surface area contributed by atoms with Crippen LogP contribution in [-0.2, 0) is 0 Å². The molecular weight excluding hydrogens is 193 g/mol. The SMILES string of the molecule is C#CCCOc1cc(F)ccc1[C@H](C)N. The molecule has 1 atom stereocenters. The topological polar surface area (TPSA) is 35.2 Å². The van der Waals surface area contributed by atoms with Crippen LogP contribution in [0.5, 0.6) is 5.75 Å². The molecule has 0 unspecified atom stereocenters. The van der Waals surface area contributed by atoms with Crippen LogP contribution in [0.1, 0.15) is 24.9 Å². The van der Waals surface area contributed by atoms with Crippen LogP contribution < -0.4 is 10.5 Å². The lowest BCUT2D eigenvalue weighted by atomic mass is 10.1. The van der Waals surface area contributed by atoms with Crippen LogP contribution in [0.25, 0.3) is 0 Å². The molecule has 15 heavy (non-hydrogen) atoms. The Kier molecular flexibility index (Phi) is 4.14. The van der Waals surface area contributed by atoms with Crippen molar-refractivity contribution in [3.05, 3.63) is 29.6 Å². The average molecular weight is 207 g/mol. The standard InChI is InChI=1S/C12H14FNO/c1-3-4-7-15-12-8-10(13)5-6-11(12)9(2)14/h1,5-6,8-9H,4,7,14H2,2H3/t9-/m0/s1. The predicted octanol–water partition coefficient (Wildman–Crippen LogP) is 2.25. The summed E-state index contributed by atoms with van der Waals surface area (Å²) in [5.41, 5.74) is 6.51. The molecule has 2 N–H and O–H groups in total. The molecule has 0 aliphatic rings. The number of ether oxygens (including phenoxy) is 1. The smallest absolute Gasteiger partial charge is 0.127 e.